The summed E-state index contributed by atoms with van der Waals surface area (Å²) in [5.41, 5.74) is -0.634. The maximum Gasteiger partial charge on any atom is 0.326 e. The highest BCUT2D eigenvalue weighted by Gasteiger charge is 2.25. The molecule has 1 rings (SSSR count). The zero-order valence-corrected chi connectivity index (χ0v) is 12.4. The largest absolute Gasteiger partial charge is 0.497 e. The molecule has 0 heterocycles. The molecule has 22 heavy (non-hydrogen) atoms. The number of nitro groups is 1. The van der Waals surface area contributed by atoms with E-state index in [1.807, 2.05) is 6.92 Å². The van der Waals surface area contributed by atoms with Crippen molar-refractivity contribution in [2.45, 2.75) is 32.2 Å². The van der Waals surface area contributed by atoms with Crippen molar-refractivity contribution >= 4 is 17.6 Å². The van der Waals surface area contributed by atoms with Crippen molar-refractivity contribution in [3.05, 3.63) is 33.9 Å². The summed E-state index contributed by atoms with van der Waals surface area (Å²) in [4.78, 5) is 33.6. The Morgan fingerprint density at radius 1 is 1.45 bits per heavy atom. The standard InChI is InChI=1S/C14H18N2O6/c1-3-4-5-11(14(18)19)15-13(17)10-8-9(22-2)6-7-12(10)16(20)21/h6-8,11H,3-5H2,1-2H3,(H,15,17)(H,18,19)/t11-/m0/s1. The predicted molar refractivity (Wildman–Crippen MR) is 78.1 cm³/mol. The molecule has 1 aromatic carbocycles. The number of carboxylic acid groups (broad SMARTS) is 1. The summed E-state index contributed by atoms with van der Waals surface area (Å²) in [5.74, 6) is -1.71. The molecule has 0 aliphatic heterocycles. The van der Waals surface area contributed by atoms with Gasteiger partial charge in [0.05, 0.1) is 12.0 Å². The molecule has 0 aliphatic carbocycles. The highest BCUT2D eigenvalue weighted by molar-refractivity contribution is 6.00. The van der Waals surface area contributed by atoms with Gasteiger partial charge in [0.2, 0.25) is 0 Å². The number of ether oxygens (including phenoxy) is 1. The Kier molecular flexibility index (Phi) is 6.30. The van der Waals surface area contributed by atoms with Crippen LogP contribution in [0.3, 0.4) is 0 Å². The Morgan fingerprint density at radius 2 is 2.14 bits per heavy atom. The molecule has 0 spiro atoms. The minimum absolute atomic E-state index is 0.230. The predicted octanol–water partition coefficient (Wildman–Crippen LogP) is 1.98. The van der Waals surface area contributed by atoms with Crippen molar-refractivity contribution in [2.75, 3.05) is 7.11 Å². The second-order valence-corrected chi connectivity index (χ2v) is 4.65. The van der Waals surface area contributed by atoms with Crippen LogP contribution in [0.15, 0.2) is 18.2 Å². The van der Waals surface area contributed by atoms with Crippen LogP contribution in [0.4, 0.5) is 5.69 Å². The Hall–Kier alpha value is -2.64. The minimum atomic E-state index is -1.17. The molecule has 2 N–H and O–H groups in total. The van der Waals surface area contributed by atoms with E-state index in [1.54, 1.807) is 0 Å². The van der Waals surface area contributed by atoms with Crippen LogP contribution in [0, 0.1) is 10.1 Å². The fourth-order valence-electron chi connectivity index (χ4n) is 1.88. The third kappa shape index (κ3) is 4.44. The zero-order valence-electron chi connectivity index (χ0n) is 12.4. The smallest absolute Gasteiger partial charge is 0.326 e. The molecule has 1 atom stereocenters. The molecular weight excluding hydrogens is 292 g/mol. The van der Waals surface area contributed by atoms with Crippen molar-refractivity contribution in [1.29, 1.82) is 0 Å². The summed E-state index contributed by atoms with van der Waals surface area (Å²) in [6, 6.07) is 2.64. The van der Waals surface area contributed by atoms with Gasteiger partial charge in [0, 0.05) is 6.07 Å². The number of benzene rings is 1. The van der Waals surface area contributed by atoms with Gasteiger partial charge < -0.3 is 15.2 Å². The second-order valence-electron chi connectivity index (χ2n) is 4.65. The number of unbranched alkanes of at least 4 members (excludes halogenated alkanes) is 1. The molecule has 0 saturated heterocycles. The van der Waals surface area contributed by atoms with E-state index in [1.165, 1.54) is 19.2 Å². The zero-order chi connectivity index (χ0) is 16.7. The lowest BCUT2D eigenvalue weighted by molar-refractivity contribution is -0.385. The molecule has 1 aromatic rings. The van der Waals surface area contributed by atoms with E-state index >= 15 is 0 Å². The van der Waals surface area contributed by atoms with E-state index in [4.69, 9.17) is 9.84 Å². The lowest BCUT2D eigenvalue weighted by atomic mass is 10.1. The number of amides is 1. The van der Waals surface area contributed by atoms with Gasteiger partial charge in [-0.05, 0) is 18.6 Å². The van der Waals surface area contributed by atoms with E-state index in [0.717, 1.165) is 12.5 Å². The van der Waals surface area contributed by atoms with E-state index in [2.05, 4.69) is 5.32 Å². The number of carbonyl (C=O) groups is 2. The van der Waals surface area contributed by atoms with Crippen molar-refractivity contribution in [2.24, 2.45) is 0 Å². The SMILES string of the molecule is CCCC[C@H](NC(=O)c1cc(OC)ccc1[N+](=O)[O-])C(=O)O. The van der Waals surface area contributed by atoms with Gasteiger partial charge in [0.15, 0.2) is 0 Å². The highest BCUT2D eigenvalue weighted by atomic mass is 16.6. The first-order valence-electron chi connectivity index (χ1n) is 6.76. The summed E-state index contributed by atoms with van der Waals surface area (Å²) in [7, 11) is 1.37. The van der Waals surface area contributed by atoms with Gasteiger partial charge in [-0.3, -0.25) is 14.9 Å². The average molecular weight is 310 g/mol. The topological polar surface area (TPSA) is 119 Å². The first kappa shape index (κ1) is 17.4. The Bertz CT molecular complexity index is 572. The van der Waals surface area contributed by atoms with Crippen molar-refractivity contribution in [1.82, 2.24) is 5.32 Å². The van der Waals surface area contributed by atoms with Crippen molar-refractivity contribution in [3.63, 3.8) is 0 Å². The number of aliphatic carboxylic acids is 1. The van der Waals surface area contributed by atoms with Gasteiger partial charge in [0.25, 0.3) is 11.6 Å². The summed E-state index contributed by atoms with van der Waals surface area (Å²) in [5, 5.41) is 22.4. The van der Waals surface area contributed by atoms with Crippen LogP contribution < -0.4 is 10.1 Å². The molecule has 120 valence electrons. The van der Waals surface area contributed by atoms with Gasteiger partial charge >= 0.3 is 5.97 Å². The monoisotopic (exact) mass is 310 g/mol. The van der Waals surface area contributed by atoms with Crippen LogP contribution in [0.2, 0.25) is 0 Å². The number of methoxy groups -OCH3 is 1. The Balaban J connectivity index is 3.04. The number of carbonyl (C=O) groups excluding carboxylic acids is 1. The maximum absolute atomic E-state index is 12.2. The van der Waals surface area contributed by atoms with Crippen LogP contribution in [0.25, 0.3) is 0 Å². The normalized spacial score (nSPS) is 11.5. The van der Waals surface area contributed by atoms with Crippen LogP contribution in [-0.4, -0.2) is 35.1 Å². The van der Waals surface area contributed by atoms with E-state index in [-0.39, 0.29) is 17.7 Å². The minimum Gasteiger partial charge on any atom is -0.497 e. The molecule has 0 aliphatic rings. The van der Waals surface area contributed by atoms with Crippen LogP contribution >= 0.6 is 0 Å². The Morgan fingerprint density at radius 3 is 2.64 bits per heavy atom. The van der Waals surface area contributed by atoms with Gasteiger partial charge in [-0.25, -0.2) is 4.79 Å². The first-order valence-corrected chi connectivity index (χ1v) is 6.76. The third-order valence-electron chi connectivity index (χ3n) is 3.09. The molecule has 1 amide bonds. The number of nitrogens with one attached hydrogen (secondary N) is 1. The van der Waals surface area contributed by atoms with Gasteiger partial charge in [-0.1, -0.05) is 19.8 Å². The number of carboxylic acids is 1. The molecular formula is C14H18N2O6. The maximum atomic E-state index is 12.2. The molecule has 0 unspecified atom stereocenters. The molecule has 0 radical (unpaired) electrons. The fourth-order valence-corrected chi connectivity index (χ4v) is 1.88. The van der Waals surface area contributed by atoms with Gasteiger partial charge in [0.1, 0.15) is 17.4 Å². The van der Waals surface area contributed by atoms with Crippen molar-refractivity contribution < 1.29 is 24.4 Å². The summed E-state index contributed by atoms with van der Waals surface area (Å²) in [6.45, 7) is 1.90. The number of rotatable bonds is 8. The lowest BCUT2D eigenvalue weighted by Gasteiger charge is -2.14. The Labute approximate surface area is 127 Å². The molecule has 8 nitrogen and oxygen atoms in total. The van der Waals surface area contributed by atoms with E-state index in [0.29, 0.717) is 6.42 Å². The van der Waals surface area contributed by atoms with Crippen LogP contribution in [-0.2, 0) is 4.79 Å². The van der Waals surface area contributed by atoms with Crippen LogP contribution in [0.1, 0.15) is 36.5 Å². The lowest BCUT2D eigenvalue weighted by Crippen LogP contribution is -2.40. The molecule has 0 bridgehead atoms. The quantitative estimate of drug-likeness (QED) is 0.559. The fraction of sp³-hybridized carbons (Fsp3) is 0.429. The van der Waals surface area contributed by atoms with Gasteiger partial charge in [-0.2, -0.15) is 0 Å². The first-order chi connectivity index (χ1) is 10.4. The third-order valence-corrected chi connectivity index (χ3v) is 3.09. The second kappa shape index (κ2) is 7.96. The number of nitro benzene ring substituents is 1. The average Bonchev–Trinajstić information content (AvgIpc) is 2.49. The number of hydrogen-bond donors (Lipinski definition) is 2. The molecule has 0 saturated carbocycles. The highest BCUT2D eigenvalue weighted by Crippen LogP contribution is 2.24. The summed E-state index contributed by atoms with van der Waals surface area (Å²) in [6.07, 6.45) is 1.66. The molecule has 0 aromatic heterocycles. The van der Waals surface area contributed by atoms with E-state index in [9.17, 15) is 19.7 Å². The summed E-state index contributed by atoms with van der Waals surface area (Å²) < 4.78 is 4.94. The van der Waals surface area contributed by atoms with Gasteiger partial charge in [-0.15, -0.1) is 0 Å². The molecule has 0 fully saturated rings. The number of hydrogen-bond acceptors (Lipinski definition) is 5. The molecule has 8 heteroatoms. The van der Waals surface area contributed by atoms with Crippen LogP contribution in [0.5, 0.6) is 5.75 Å². The van der Waals surface area contributed by atoms with Crippen molar-refractivity contribution in [3.8, 4) is 5.75 Å². The number of nitrogens with zero attached hydrogens (tertiary/aromatic N) is 1. The van der Waals surface area contributed by atoms with E-state index < -0.39 is 28.5 Å². The summed E-state index contributed by atoms with van der Waals surface area (Å²) >= 11 is 0.